The van der Waals surface area contributed by atoms with E-state index in [4.69, 9.17) is 5.73 Å². The highest BCUT2D eigenvalue weighted by atomic mass is 16.2. The molecule has 0 aromatic heterocycles. The van der Waals surface area contributed by atoms with Crippen LogP contribution in [-0.2, 0) is 9.59 Å². The van der Waals surface area contributed by atoms with Crippen LogP contribution in [0.15, 0.2) is 0 Å². The van der Waals surface area contributed by atoms with Crippen molar-refractivity contribution < 1.29 is 9.59 Å². The van der Waals surface area contributed by atoms with Crippen LogP contribution in [0.3, 0.4) is 0 Å². The highest BCUT2D eigenvalue weighted by molar-refractivity contribution is 5.85. The summed E-state index contributed by atoms with van der Waals surface area (Å²) in [6.07, 6.45) is 5.47. The zero-order valence-electron chi connectivity index (χ0n) is 13.2. The summed E-state index contributed by atoms with van der Waals surface area (Å²) in [4.78, 5) is 27.7. The molecule has 3 N–H and O–H groups in total. The Labute approximate surface area is 127 Å². The van der Waals surface area contributed by atoms with Crippen LogP contribution in [0, 0.1) is 0 Å². The Bertz CT molecular complexity index is 382. The van der Waals surface area contributed by atoms with Crippen molar-refractivity contribution in [1.29, 1.82) is 0 Å². The molecule has 1 heterocycles. The number of carbonyl (C=O) groups excluding carboxylic acids is 2. The van der Waals surface area contributed by atoms with Crippen molar-refractivity contribution in [1.82, 2.24) is 15.1 Å². The maximum absolute atomic E-state index is 12.3. The van der Waals surface area contributed by atoms with Gasteiger partial charge in [0.05, 0.1) is 13.1 Å². The molecular weight excluding hydrogens is 268 g/mol. The molecule has 0 aromatic rings. The molecule has 0 radical (unpaired) electrons. The Morgan fingerprint density at radius 3 is 2.67 bits per heavy atom. The average molecular weight is 296 g/mol. The van der Waals surface area contributed by atoms with Crippen LogP contribution in [0.2, 0.25) is 0 Å². The molecule has 1 saturated carbocycles. The third kappa shape index (κ3) is 4.97. The number of nitrogens with zero attached hydrogens (tertiary/aromatic N) is 2. The second kappa shape index (κ2) is 7.22. The molecule has 2 atom stereocenters. The molecule has 2 aliphatic rings. The van der Waals surface area contributed by atoms with Crippen LogP contribution in [0.5, 0.6) is 0 Å². The first-order valence-electron chi connectivity index (χ1n) is 8.00. The molecule has 1 aliphatic carbocycles. The number of carbonyl (C=O) groups is 2. The monoisotopic (exact) mass is 296 g/mol. The van der Waals surface area contributed by atoms with E-state index in [1.165, 1.54) is 11.3 Å². The summed E-state index contributed by atoms with van der Waals surface area (Å²) in [6, 6.07) is 0.684. The summed E-state index contributed by atoms with van der Waals surface area (Å²) in [5.74, 6) is -0.0655. The number of rotatable bonds is 6. The second-order valence-corrected chi connectivity index (χ2v) is 6.48. The maximum Gasteiger partial charge on any atom is 0.239 e. The first-order valence-corrected chi connectivity index (χ1v) is 8.00. The van der Waals surface area contributed by atoms with Gasteiger partial charge >= 0.3 is 0 Å². The molecule has 1 saturated heterocycles. The van der Waals surface area contributed by atoms with Crippen molar-refractivity contribution >= 4 is 11.8 Å². The molecule has 0 aromatic carbocycles. The summed E-state index contributed by atoms with van der Waals surface area (Å²) in [5, 5.41) is 2.90. The summed E-state index contributed by atoms with van der Waals surface area (Å²) >= 11 is 0. The lowest BCUT2D eigenvalue weighted by Crippen LogP contribution is -2.53. The smallest absolute Gasteiger partial charge is 0.239 e. The van der Waals surface area contributed by atoms with Gasteiger partial charge in [-0.25, -0.2) is 0 Å². The van der Waals surface area contributed by atoms with E-state index < -0.39 is 0 Å². The van der Waals surface area contributed by atoms with E-state index in [0.29, 0.717) is 12.6 Å². The van der Waals surface area contributed by atoms with Crippen molar-refractivity contribution in [3.8, 4) is 0 Å². The minimum atomic E-state index is -0.0595. The van der Waals surface area contributed by atoms with Gasteiger partial charge in [0.1, 0.15) is 0 Å². The van der Waals surface area contributed by atoms with Crippen molar-refractivity contribution in [3.05, 3.63) is 0 Å². The van der Waals surface area contributed by atoms with Crippen LogP contribution in [0.1, 0.15) is 39.0 Å². The van der Waals surface area contributed by atoms with Crippen molar-refractivity contribution in [2.24, 2.45) is 5.73 Å². The summed E-state index contributed by atoms with van der Waals surface area (Å²) in [5.41, 5.74) is 6.02. The predicted molar refractivity (Wildman–Crippen MR) is 81.7 cm³/mol. The maximum atomic E-state index is 12.3. The summed E-state index contributed by atoms with van der Waals surface area (Å²) in [6.45, 7) is 3.42. The van der Waals surface area contributed by atoms with E-state index in [1.807, 2.05) is 6.92 Å². The zero-order chi connectivity index (χ0) is 15.4. The number of nitrogens with two attached hydrogens (primary N) is 1. The van der Waals surface area contributed by atoms with E-state index in [9.17, 15) is 9.59 Å². The van der Waals surface area contributed by atoms with Gasteiger partial charge in [-0.05, 0) is 39.2 Å². The van der Waals surface area contributed by atoms with Crippen LogP contribution < -0.4 is 11.1 Å². The van der Waals surface area contributed by atoms with Gasteiger partial charge in [0, 0.05) is 25.2 Å². The van der Waals surface area contributed by atoms with E-state index in [-0.39, 0.29) is 30.4 Å². The zero-order valence-corrected chi connectivity index (χ0v) is 13.2. The van der Waals surface area contributed by atoms with E-state index in [2.05, 4.69) is 10.2 Å². The minimum absolute atomic E-state index is 0.00602. The molecule has 0 bridgehead atoms. The van der Waals surface area contributed by atoms with Crippen LogP contribution in [0.4, 0.5) is 0 Å². The fraction of sp³-hybridized carbons (Fsp3) is 0.867. The Morgan fingerprint density at radius 1 is 1.33 bits per heavy atom. The lowest BCUT2D eigenvalue weighted by atomic mass is 9.97. The molecule has 2 unspecified atom stereocenters. The SMILES string of the molecule is CC(N)C1CCCCN1CC(=O)N(C)CC(=O)NC1CC1. The molecule has 2 amide bonds. The van der Waals surface area contributed by atoms with Gasteiger partial charge in [-0.15, -0.1) is 0 Å². The highest BCUT2D eigenvalue weighted by Crippen LogP contribution is 2.19. The number of hydrogen-bond acceptors (Lipinski definition) is 4. The van der Waals surface area contributed by atoms with Crippen molar-refractivity contribution in [2.75, 3.05) is 26.7 Å². The second-order valence-electron chi connectivity index (χ2n) is 6.48. The van der Waals surface area contributed by atoms with Gasteiger partial charge in [0.15, 0.2) is 0 Å². The minimum Gasteiger partial charge on any atom is -0.352 e. The van der Waals surface area contributed by atoms with Crippen LogP contribution in [-0.4, -0.2) is 66.4 Å². The average Bonchev–Trinajstić information content (AvgIpc) is 3.22. The third-order valence-electron chi connectivity index (χ3n) is 4.36. The Balaban J connectivity index is 1.79. The lowest BCUT2D eigenvalue weighted by Gasteiger charge is -2.38. The molecule has 2 rings (SSSR count). The van der Waals surface area contributed by atoms with E-state index >= 15 is 0 Å². The fourth-order valence-electron chi connectivity index (χ4n) is 2.91. The standard InChI is InChI=1S/C15H28N4O2/c1-11(16)13-5-3-4-8-19(13)10-15(21)18(2)9-14(20)17-12-6-7-12/h11-13H,3-10,16H2,1-2H3,(H,17,20). The lowest BCUT2D eigenvalue weighted by molar-refractivity contribution is -0.136. The number of nitrogens with one attached hydrogen (secondary N) is 1. The molecule has 21 heavy (non-hydrogen) atoms. The number of hydrogen-bond donors (Lipinski definition) is 2. The quantitative estimate of drug-likeness (QED) is 0.719. The first kappa shape index (κ1) is 16.2. The molecule has 6 heteroatoms. The van der Waals surface area contributed by atoms with Crippen LogP contribution in [0.25, 0.3) is 0 Å². The normalized spacial score (nSPS) is 24.4. The molecular formula is C15H28N4O2. The Morgan fingerprint density at radius 2 is 2.05 bits per heavy atom. The Kier molecular flexibility index (Phi) is 5.58. The van der Waals surface area contributed by atoms with Crippen molar-refractivity contribution in [3.63, 3.8) is 0 Å². The molecule has 120 valence electrons. The van der Waals surface area contributed by atoms with E-state index in [1.54, 1.807) is 7.05 Å². The molecule has 1 aliphatic heterocycles. The highest BCUT2D eigenvalue weighted by Gasteiger charge is 2.28. The summed E-state index contributed by atoms with van der Waals surface area (Å²) < 4.78 is 0. The predicted octanol–water partition coefficient (Wildman–Crippen LogP) is -0.0749. The largest absolute Gasteiger partial charge is 0.352 e. The number of piperidine rings is 1. The molecule has 0 spiro atoms. The van der Waals surface area contributed by atoms with Gasteiger partial charge in [0.2, 0.25) is 11.8 Å². The van der Waals surface area contributed by atoms with Crippen molar-refractivity contribution in [2.45, 2.75) is 57.2 Å². The number of likely N-dealkylation sites (tertiary alicyclic amines) is 1. The topological polar surface area (TPSA) is 78.7 Å². The fourth-order valence-corrected chi connectivity index (χ4v) is 2.91. The van der Waals surface area contributed by atoms with Gasteiger partial charge < -0.3 is 16.0 Å². The Hall–Kier alpha value is -1.14. The summed E-state index contributed by atoms with van der Waals surface area (Å²) in [7, 11) is 1.69. The van der Waals surface area contributed by atoms with Gasteiger partial charge in [-0.2, -0.15) is 0 Å². The van der Waals surface area contributed by atoms with Gasteiger partial charge in [-0.3, -0.25) is 14.5 Å². The van der Waals surface area contributed by atoms with E-state index in [0.717, 1.165) is 32.2 Å². The van der Waals surface area contributed by atoms with Crippen LogP contribution >= 0.6 is 0 Å². The molecule has 6 nitrogen and oxygen atoms in total. The third-order valence-corrected chi connectivity index (χ3v) is 4.36. The van der Waals surface area contributed by atoms with Gasteiger partial charge in [-0.1, -0.05) is 6.42 Å². The number of amides is 2. The number of likely N-dealkylation sites (N-methyl/N-ethyl adjacent to an activating group) is 1. The first-order chi connectivity index (χ1) is 9.97. The molecule has 2 fully saturated rings. The van der Waals surface area contributed by atoms with Gasteiger partial charge in [0.25, 0.3) is 0 Å².